The Kier molecular flexibility index (Phi) is 3.69. The maximum absolute atomic E-state index is 11.4. The van der Waals surface area contributed by atoms with Crippen molar-refractivity contribution < 1.29 is 14.6 Å². The van der Waals surface area contributed by atoms with Crippen LogP contribution in [0.4, 0.5) is 0 Å². The van der Waals surface area contributed by atoms with Gasteiger partial charge in [-0.15, -0.1) is 0 Å². The minimum atomic E-state index is -0.548. The molecule has 76 valence electrons. The summed E-state index contributed by atoms with van der Waals surface area (Å²) >= 11 is 0. The highest BCUT2D eigenvalue weighted by Crippen LogP contribution is 2.07. The average molecular weight is 187 g/mol. The van der Waals surface area contributed by atoms with Crippen molar-refractivity contribution in [1.29, 1.82) is 0 Å². The smallest absolute Gasteiger partial charge is 0.223 e. The number of ether oxygens (including phenoxy) is 1. The van der Waals surface area contributed by atoms with Gasteiger partial charge in [-0.25, -0.2) is 0 Å². The molecule has 0 aromatic heterocycles. The topological polar surface area (TPSA) is 58.6 Å². The van der Waals surface area contributed by atoms with E-state index in [9.17, 15) is 9.90 Å². The predicted molar refractivity (Wildman–Crippen MR) is 48.2 cm³/mol. The molecule has 1 rings (SSSR count). The van der Waals surface area contributed by atoms with Crippen LogP contribution in [0.5, 0.6) is 0 Å². The molecule has 1 unspecified atom stereocenters. The Balaban J connectivity index is 2.35. The Morgan fingerprint density at radius 3 is 2.85 bits per heavy atom. The van der Waals surface area contributed by atoms with Gasteiger partial charge in [0.05, 0.1) is 25.4 Å². The van der Waals surface area contributed by atoms with E-state index in [0.717, 1.165) is 6.42 Å². The maximum atomic E-state index is 11.4. The number of carbonyl (C=O) groups excluding carboxylic acids is 1. The van der Waals surface area contributed by atoms with E-state index in [1.807, 2.05) is 13.8 Å². The van der Waals surface area contributed by atoms with Gasteiger partial charge in [-0.2, -0.15) is 0 Å². The lowest BCUT2D eigenvalue weighted by Gasteiger charge is -2.17. The molecular formula is C9H17NO3. The van der Waals surface area contributed by atoms with Crippen LogP contribution in [0.15, 0.2) is 0 Å². The van der Waals surface area contributed by atoms with Crippen LogP contribution in [-0.4, -0.2) is 36.4 Å². The molecule has 0 aromatic carbocycles. The van der Waals surface area contributed by atoms with Crippen LogP contribution in [0.3, 0.4) is 0 Å². The van der Waals surface area contributed by atoms with Crippen LogP contribution >= 0.6 is 0 Å². The van der Waals surface area contributed by atoms with Crippen molar-refractivity contribution in [2.45, 2.75) is 32.4 Å². The SMILES string of the molecule is CCC(C)C(=O)N[C@@H]1COC[C@H]1O. The lowest BCUT2D eigenvalue weighted by atomic mass is 10.1. The zero-order valence-electron chi connectivity index (χ0n) is 8.12. The summed E-state index contributed by atoms with van der Waals surface area (Å²) in [7, 11) is 0. The maximum Gasteiger partial charge on any atom is 0.223 e. The van der Waals surface area contributed by atoms with Gasteiger partial charge in [0.2, 0.25) is 5.91 Å². The number of hydrogen-bond donors (Lipinski definition) is 2. The number of aliphatic hydroxyl groups is 1. The van der Waals surface area contributed by atoms with Gasteiger partial charge in [-0.3, -0.25) is 4.79 Å². The summed E-state index contributed by atoms with van der Waals surface area (Å²) in [5.41, 5.74) is 0. The third-order valence-corrected chi connectivity index (χ3v) is 2.44. The van der Waals surface area contributed by atoms with Crippen molar-refractivity contribution >= 4 is 5.91 Å². The highest BCUT2D eigenvalue weighted by molar-refractivity contribution is 5.78. The zero-order valence-corrected chi connectivity index (χ0v) is 8.12. The summed E-state index contributed by atoms with van der Waals surface area (Å²) in [5, 5.41) is 12.1. The molecule has 0 aromatic rings. The Bertz CT molecular complexity index is 184. The van der Waals surface area contributed by atoms with Gasteiger partial charge in [0.25, 0.3) is 0 Å². The first-order valence-electron chi connectivity index (χ1n) is 4.71. The molecule has 13 heavy (non-hydrogen) atoms. The largest absolute Gasteiger partial charge is 0.388 e. The molecule has 0 spiro atoms. The zero-order chi connectivity index (χ0) is 9.84. The Morgan fingerprint density at radius 1 is 1.69 bits per heavy atom. The first kappa shape index (κ1) is 10.5. The van der Waals surface area contributed by atoms with Crippen molar-refractivity contribution in [1.82, 2.24) is 5.32 Å². The van der Waals surface area contributed by atoms with Crippen LogP contribution in [-0.2, 0) is 9.53 Å². The van der Waals surface area contributed by atoms with E-state index in [1.54, 1.807) is 0 Å². The minimum Gasteiger partial charge on any atom is -0.388 e. The summed E-state index contributed by atoms with van der Waals surface area (Å²) < 4.78 is 5.02. The molecule has 1 fully saturated rings. The third kappa shape index (κ3) is 2.67. The van der Waals surface area contributed by atoms with E-state index in [0.29, 0.717) is 13.2 Å². The van der Waals surface area contributed by atoms with Crippen molar-refractivity contribution in [3.05, 3.63) is 0 Å². The quantitative estimate of drug-likeness (QED) is 0.649. The van der Waals surface area contributed by atoms with Crippen LogP contribution in [0.25, 0.3) is 0 Å². The number of rotatable bonds is 3. The van der Waals surface area contributed by atoms with E-state index >= 15 is 0 Å². The lowest BCUT2D eigenvalue weighted by molar-refractivity contribution is -0.125. The molecule has 3 atom stereocenters. The Morgan fingerprint density at radius 2 is 2.38 bits per heavy atom. The fraction of sp³-hybridized carbons (Fsp3) is 0.889. The number of amides is 1. The van der Waals surface area contributed by atoms with E-state index in [1.165, 1.54) is 0 Å². The first-order chi connectivity index (χ1) is 6.15. The summed E-state index contributed by atoms with van der Waals surface area (Å²) in [6, 6.07) is -0.221. The molecule has 0 saturated carbocycles. The van der Waals surface area contributed by atoms with E-state index in [-0.39, 0.29) is 17.9 Å². The summed E-state index contributed by atoms with van der Waals surface area (Å²) in [6.45, 7) is 4.58. The summed E-state index contributed by atoms with van der Waals surface area (Å²) in [6.07, 6.45) is 0.267. The Hall–Kier alpha value is -0.610. The molecule has 0 aliphatic carbocycles. The Labute approximate surface area is 78.3 Å². The van der Waals surface area contributed by atoms with E-state index in [2.05, 4.69) is 5.32 Å². The highest BCUT2D eigenvalue weighted by atomic mass is 16.5. The monoisotopic (exact) mass is 187 g/mol. The van der Waals surface area contributed by atoms with Crippen LogP contribution in [0.1, 0.15) is 20.3 Å². The average Bonchev–Trinajstić information content (AvgIpc) is 2.50. The van der Waals surface area contributed by atoms with Gasteiger partial charge in [0.1, 0.15) is 0 Å². The lowest BCUT2D eigenvalue weighted by Crippen LogP contribution is -2.44. The van der Waals surface area contributed by atoms with Gasteiger partial charge in [0.15, 0.2) is 0 Å². The second-order valence-corrected chi connectivity index (χ2v) is 3.53. The fourth-order valence-corrected chi connectivity index (χ4v) is 1.19. The molecule has 1 amide bonds. The highest BCUT2D eigenvalue weighted by Gasteiger charge is 2.28. The molecule has 1 saturated heterocycles. The molecule has 0 bridgehead atoms. The van der Waals surface area contributed by atoms with Crippen LogP contribution in [0, 0.1) is 5.92 Å². The van der Waals surface area contributed by atoms with Gasteiger partial charge in [0, 0.05) is 5.92 Å². The number of carbonyl (C=O) groups is 1. The molecule has 2 N–H and O–H groups in total. The minimum absolute atomic E-state index is 0.00273. The second kappa shape index (κ2) is 4.58. The standard InChI is InChI=1S/C9H17NO3/c1-3-6(2)9(12)10-7-4-13-5-8(7)11/h6-8,11H,3-5H2,1-2H3,(H,10,12)/t6?,7-,8-/m1/s1. The molecule has 1 aliphatic heterocycles. The molecule has 0 radical (unpaired) electrons. The van der Waals surface area contributed by atoms with E-state index < -0.39 is 6.10 Å². The molecular weight excluding hydrogens is 170 g/mol. The van der Waals surface area contributed by atoms with Gasteiger partial charge in [-0.1, -0.05) is 13.8 Å². The number of aliphatic hydroxyl groups excluding tert-OH is 1. The van der Waals surface area contributed by atoms with Crippen LogP contribution in [0.2, 0.25) is 0 Å². The van der Waals surface area contributed by atoms with Crippen molar-refractivity contribution in [2.75, 3.05) is 13.2 Å². The molecule has 4 nitrogen and oxygen atoms in total. The van der Waals surface area contributed by atoms with E-state index in [4.69, 9.17) is 4.74 Å². The fourth-order valence-electron chi connectivity index (χ4n) is 1.19. The van der Waals surface area contributed by atoms with Crippen LogP contribution < -0.4 is 5.32 Å². The second-order valence-electron chi connectivity index (χ2n) is 3.53. The van der Waals surface area contributed by atoms with Crippen molar-refractivity contribution in [3.63, 3.8) is 0 Å². The van der Waals surface area contributed by atoms with Gasteiger partial charge >= 0.3 is 0 Å². The number of hydrogen-bond acceptors (Lipinski definition) is 3. The summed E-state index contributed by atoms with van der Waals surface area (Å²) in [5.74, 6) is 0.00449. The number of nitrogens with one attached hydrogen (secondary N) is 1. The van der Waals surface area contributed by atoms with Gasteiger partial charge < -0.3 is 15.2 Å². The molecule has 1 aliphatic rings. The molecule has 4 heteroatoms. The van der Waals surface area contributed by atoms with Crippen molar-refractivity contribution in [2.24, 2.45) is 5.92 Å². The predicted octanol–water partition coefficient (Wildman–Crippen LogP) is -0.0916. The normalized spacial score (nSPS) is 30.1. The molecule has 1 heterocycles. The van der Waals surface area contributed by atoms with Crippen molar-refractivity contribution in [3.8, 4) is 0 Å². The van der Waals surface area contributed by atoms with Gasteiger partial charge in [-0.05, 0) is 6.42 Å². The first-order valence-corrected chi connectivity index (χ1v) is 4.71. The summed E-state index contributed by atoms with van der Waals surface area (Å²) in [4.78, 5) is 11.4. The third-order valence-electron chi connectivity index (χ3n) is 2.44.